The number of rotatable bonds is 6. The van der Waals surface area contributed by atoms with Crippen LogP contribution in [0.15, 0.2) is 35.7 Å². The van der Waals surface area contributed by atoms with Crippen molar-refractivity contribution >= 4 is 23.2 Å². The van der Waals surface area contributed by atoms with Crippen LogP contribution < -0.4 is 0 Å². The minimum atomic E-state index is -0.813. The quantitative estimate of drug-likeness (QED) is 0.825. The fourth-order valence-corrected chi connectivity index (χ4v) is 4.31. The van der Waals surface area contributed by atoms with Crippen LogP contribution in [-0.4, -0.2) is 64.5 Å². The molecule has 1 atom stereocenters. The Balaban J connectivity index is 1.56. The first-order valence-electron chi connectivity index (χ1n) is 9.22. The molecule has 1 aromatic carbocycles. The van der Waals surface area contributed by atoms with Gasteiger partial charge in [0.1, 0.15) is 5.01 Å². The zero-order chi connectivity index (χ0) is 19.2. The standard InChI is InChI=1S/C20H25N3O3S/c1-22(13-19(25)26)17-8-5-10-23(11-9-17)18(24)12-16-14-27-20(21-16)15-6-3-2-4-7-15/h2-4,6-7,14,17H,5,8-13H2,1H3,(H,25,26). The van der Waals surface area contributed by atoms with Gasteiger partial charge in [-0.1, -0.05) is 30.3 Å². The lowest BCUT2D eigenvalue weighted by Gasteiger charge is -2.25. The van der Waals surface area contributed by atoms with Gasteiger partial charge in [0.15, 0.2) is 0 Å². The van der Waals surface area contributed by atoms with Crippen molar-refractivity contribution in [3.8, 4) is 10.6 Å². The number of carbonyl (C=O) groups excluding carboxylic acids is 1. The van der Waals surface area contributed by atoms with Crippen molar-refractivity contribution in [1.29, 1.82) is 0 Å². The highest BCUT2D eigenvalue weighted by molar-refractivity contribution is 7.13. The van der Waals surface area contributed by atoms with Gasteiger partial charge in [0, 0.05) is 30.1 Å². The lowest BCUT2D eigenvalue weighted by molar-refractivity contribution is -0.138. The van der Waals surface area contributed by atoms with Crippen molar-refractivity contribution in [3.63, 3.8) is 0 Å². The minimum absolute atomic E-state index is 0.0414. The highest BCUT2D eigenvalue weighted by atomic mass is 32.1. The van der Waals surface area contributed by atoms with Crippen LogP contribution in [0.25, 0.3) is 10.6 Å². The molecule has 3 rings (SSSR count). The summed E-state index contributed by atoms with van der Waals surface area (Å²) >= 11 is 1.56. The number of amides is 1. The first-order chi connectivity index (χ1) is 13.0. The number of hydrogen-bond donors (Lipinski definition) is 1. The second-order valence-corrected chi connectivity index (χ2v) is 7.82. The summed E-state index contributed by atoms with van der Waals surface area (Å²) in [6.45, 7) is 1.44. The van der Waals surface area contributed by atoms with E-state index in [0.29, 0.717) is 13.0 Å². The summed E-state index contributed by atoms with van der Waals surface area (Å²) in [4.78, 5) is 32.0. The molecule has 7 heteroatoms. The van der Waals surface area contributed by atoms with Gasteiger partial charge in [-0.05, 0) is 26.3 Å². The first kappa shape index (κ1) is 19.5. The van der Waals surface area contributed by atoms with E-state index in [1.54, 1.807) is 11.3 Å². The van der Waals surface area contributed by atoms with E-state index in [0.717, 1.165) is 42.1 Å². The number of nitrogens with zero attached hydrogens (tertiary/aromatic N) is 3. The monoisotopic (exact) mass is 387 g/mol. The van der Waals surface area contributed by atoms with Crippen LogP contribution in [0.1, 0.15) is 25.0 Å². The largest absolute Gasteiger partial charge is 0.480 e. The summed E-state index contributed by atoms with van der Waals surface area (Å²) in [5.74, 6) is -0.714. The highest BCUT2D eigenvalue weighted by Gasteiger charge is 2.24. The van der Waals surface area contributed by atoms with Crippen LogP contribution in [0.3, 0.4) is 0 Å². The van der Waals surface area contributed by atoms with E-state index in [9.17, 15) is 9.59 Å². The number of benzene rings is 1. The Hall–Kier alpha value is -2.25. The Bertz CT molecular complexity index is 778. The molecule has 1 aromatic heterocycles. The predicted octanol–water partition coefficient (Wildman–Crippen LogP) is 2.75. The molecule has 1 saturated heterocycles. The first-order valence-corrected chi connectivity index (χ1v) is 10.1. The maximum atomic E-state index is 12.7. The zero-order valence-electron chi connectivity index (χ0n) is 15.5. The second kappa shape index (κ2) is 9.10. The van der Waals surface area contributed by atoms with Crippen molar-refractivity contribution in [2.45, 2.75) is 31.7 Å². The SMILES string of the molecule is CN(CC(=O)O)C1CCCN(C(=O)Cc2csc(-c3ccccc3)n2)CC1. The number of likely N-dealkylation sites (N-methyl/N-ethyl adjacent to an activating group) is 1. The molecule has 1 amide bonds. The molecule has 1 unspecified atom stereocenters. The molecule has 6 nitrogen and oxygen atoms in total. The molecule has 1 fully saturated rings. The van der Waals surface area contributed by atoms with Gasteiger partial charge >= 0.3 is 5.97 Å². The van der Waals surface area contributed by atoms with Gasteiger partial charge in [0.2, 0.25) is 5.91 Å². The van der Waals surface area contributed by atoms with E-state index >= 15 is 0 Å². The number of hydrogen-bond acceptors (Lipinski definition) is 5. The van der Waals surface area contributed by atoms with Gasteiger partial charge < -0.3 is 10.0 Å². The van der Waals surface area contributed by atoms with Gasteiger partial charge in [-0.25, -0.2) is 4.98 Å². The Morgan fingerprint density at radius 2 is 2.04 bits per heavy atom. The number of carbonyl (C=O) groups is 2. The van der Waals surface area contributed by atoms with Crippen molar-refractivity contribution < 1.29 is 14.7 Å². The number of likely N-dealkylation sites (tertiary alicyclic amines) is 1. The van der Waals surface area contributed by atoms with E-state index < -0.39 is 5.97 Å². The summed E-state index contributed by atoms with van der Waals surface area (Å²) in [6.07, 6.45) is 2.94. The molecule has 2 aromatic rings. The lowest BCUT2D eigenvalue weighted by Crippen LogP contribution is -2.37. The fourth-order valence-electron chi connectivity index (χ4n) is 3.48. The fraction of sp³-hybridized carbons (Fsp3) is 0.450. The Morgan fingerprint density at radius 1 is 1.26 bits per heavy atom. The van der Waals surface area contributed by atoms with Crippen LogP contribution in [0.4, 0.5) is 0 Å². The zero-order valence-corrected chi connectivity index (χ0v) is 16.3. The second-order valence-electron chi connectivity index (χ2n) is 6.96. The number of aliphatic carboxylic acids is 1. The number of thiazole rings is 1. The summed E-state index contributed by atoms with van der Waals surface area (Å²) in [7, 11) is 1.84. The molecule has 144 valence electrons. The maximum Gasteiger partial charge on any atom is 0.317 e. The number of carboxylic acids is 1. The molecule has 0 saturated carbocycles. The van der Waals surface area contributed by atoms with Gasteiger partial charge in [-0.15, -0.1) is 11.3 Å². The molecule has 27 heavy (non-hydrogen) atoms. The number of carboxylic acid groups (broad SMARTS) is 1. The Morgan fingerprint density at radius 3 is 2.78 bits per heavy atom. The van der Waals surface area contributed by atoms with E-state index in [-0.39, 0.29) is 18.5 Å². The van der Waals surface area contributed by atoms with Crippen LogP contribution in [0.2, 0.25) is 0 Å². The van der Waals surface area contributed by atoms with E-state index in [4.69, 9.17) is 5.11 Å². The van der Waals surface area contributed by atoms with Gasteiger partial charge in [-0.3, -0.25) is 14.5 Å². The van der Waals surface area contributed by atoms with Crippen LogP contribution in [0, 0.1) is 0 Å². The topological polar surface area (TPSA) is 73.7 Å². The third-order valence-electron chi connectivity index (χ3n) is 4.96. The molecule has 1 aliphatic heterocycles. The summed E-state index contributed by atoms with van der Waals surface area (Å²) in [5.41, 5.74) is 1.88. The molecular weight excluding hydrogens is 362 g/mol. The summed E-state index contributed by atoms with van der Waals surface area (Å²) < 4.78 is 0. The van der Waals surface area contributed by atoms with Crippen molar-refractivity contribution in [2.24, 2.45) is 0 Å². The molecule has 0 aliphatic carbocycles. The third-order valence-corrected chi connectivity index (χ3v) is 5.90. The van der Waals surface area contributed by atoms with E-state index in [1.807, 2.05) is 52.6 Å². The van der Waals surface area contributed by atoms with E-state index in [1.165, 1.54) is 0 Å². The van der Waals surface area contributed by atoms with Gasteiger partial charge in [-0.2, -0.15) is 0 Å². The summed E-state index contributed by atoms with van der Waals surface area (Å²) in [6, 6.07) is 10.2. The minimum Gasteiger partial charge on any atom is -0.480 e. The van der Waals surface area contributed by atoms with Gasteiger partial charge in [0.05, 0.1) is 18.7 Å². The highest BCUT2D eigenvalue weighted by Crippen LogP contribution is 2.24. The molecule has 0 spiro atoms. The van der Waals surface area contributed by atoms with Crippen molar-refractivity contribution in [2.75, 3.05) is 26.7 Å². The van der Waals surface area contributed by atoms with Gasteiger partial charge in [0.25, 0.3) is 0 Å². The van der Waals surface area contributed by atoms with Crippen molar-refractivity contribution in [1.82, 2.24) is 14.8 Å². The maximum absolute atomic E-state index is 12.7. The van der Waals surface area contributed by atoms with Crippen molar-refractivity contribution in [3.05, 3.63) is 41.4 Å². The lowest BCUT2D eigenvalue weighted by atomic mass is 10.1. The third kappa shape index (κ3) is 5.37. The summed E-state index contributed by atoms with van der Waals surface area (Å²) in [5, 5.41) is 11.9. The molecule has 1 N–H and O–H groups in total. The Kier molecular flexibility index (Phi) is 6.58. The Labute approximate surface area is 163 Å². The van der Waals surface area contributed by atoms with Crippen LogP contribution >= 0.6 is 11.3 Å². The number of aromatic nitrogens is 1. The molecular formula is C20H25N3O3S. The molecule has 2 heterocycles. The average Bonchev–Trinajstić information content (AvgIpc) is 2.96. The predicted molar refractivity (Wildman–Crippen MR) is 106 cm³/mol. The molecule has 0 bridgehead atoms. The molecule has 1 aliphatic rings. The van der Waals surface area contributed by atoms with Crippen LogP contribution in [0.5, 0.6) is 0 Å². The molecule has 0 radical (unpaired) electrons. The van der Waals surface area contributed by atoms with E-state index in [2.05, 4.69) is 4.98 Å². The van der Waals surface area contributed by atoms with Crippen LogP contribution in [-0.2, 0) is 16.0 Å². The smallest absolute Gasteiger partial charge is 0.317 e. The normalized spacial score (nSPS) is 17.7. The average molecular weight is 388 g/mol.